The molecule has 1 aliphatic heterocycles. The van der Waals surface area contributed by atoms with Gasteiger partial charge in [-0.15, -0.1) is 0 Å². The highest BCUT2D eigenvalue weighted by atomic mass is 16.7. The molecule has 0 aromatic heterocycles. The molecule has 5 aliphatic rings. The molecule has 7 N–H and O–H groups in total. The van der Waals surface area contributed by atoms with Gasteiger partial charge < -0.3 is 50.0 Å². The van der Waals surface area contributed by atoms with Crippen LogP contribution in [0.15, 0.2) is 11.6 Å². The number of methoxy groups -OCH3 is 1. The van der Waals surface area contributed by atoms with Crippen molar-refractivity contribution in [2.24, 2.45) is 46.3 Å². The first-order valence-electron chi connectivity index (χ1n) is 16.9. The Labute approximate surface area is 262 Å². The molecule has 4 fully saturated rings. The van der Waals surface area contributed by atoms with Crippen LogP contribution in [-0.4, -0.2) is 111 Å². The fourth-order valence-electron chi connectivity index (χ4n) is 10.6. The quantitative estimate of drug-likeness (QED) is 0.187. The van der Waals surface area contributed by atoms with E-state index in [1.807, 2.05) is 13.0 Å². The molecule has 0 amide bonds. The maximum Gasteiger partial charge on any atom is 0.187 e. The van der Waals surface area contributed by atoms with Crippen LogP contribution < -0.4 is 0 Å². The van der Waals surface area contributed by atoms with Gasteiger partial charge >= 0.3 is 0 Å². The lowest BCUT2D eigenvalue weighted by atomic mass is 9.43. The van der Waals surface area contributed by atoms with Crippen molar-refractivity contribution in [2.75, 3.05) is 20.3 Å². The lowest BCUT2D eigenvalue weighted by Gasteiger charge is -2.64. The summed E-state index contributed by atoms with van der Waals surface area (Å²) in [5, 5.41) is 77.4. The van der Waals surface area contributed by atoms with Crippen LogP contribution in [0.5, 0.6) is 0 Å². The molecule has 10 nitrogen and oxygen atoms in total. The molecule has 5 unspecified atom stereocenters. The number of aliphatic hydroxyl groups excluding tert-OH is 6. The van der Waals surface area contributed by atoms with Gasteiger partial charge in [0.1, 0.15) is 18.3 Å². The third-order valence-electron chi connectivity index (χ3n) is 13.2. The van der Waals surface area contributed by atoms with Gasteiger partial charge in [-0.05, 0) is 71.7 Å². The largest absolute Gasteiger partial charge is 0.396 e. The van der Waals surface area contributed by atoms with Crippen LogP contribution >= 0.6 is 0 Å². The molecule has 4 aliphatic carbocycles. The molecule has 10 heteroatoms. The molecule has 3 saturated carbocycles. The molecule has 0 radical (unpaired) electrons. The van der Waals surface area contributed by atoms with E-state index in [2.05, 4.69) is 27.7 Å². The molecule has 0 aromatic carbocycles. The van der Waals surface area contributed by atoms with Crippen molar-refractivity contribution in [3.63, 3.8) is 0 Å². The van der Waals surface area contributed by atoms with Crippen molar-refractivity contribution >= 4 is 0 Å². The molecule has 1 saturated heterocycles. The van der Waals surface area contributed by atoms with Crippen LogP contribution in [0.25, 0.3) is 0 Å². The second-order valence-corrected chi connectivity index (χ2v) is 15.7. The van der Waals surface area contributed by atoms with Crippen LogP contribution in [-0.2, 0) is 14.2 Å². The fraction of sp³-hybridized carbons (Fsp3) is 0.941. The Bertz CT molecular complexity index is 1040. The van der Waals surface area contributed by atoms with Gasteiger partial charge in [0.25, 0.3) is 0 Å². The molecule has 0 aromatic rings. The van der Waals surface area contributed by atoms with Crippen LogP contribution in [0.1, 0.15) is 79.6 Å². The summed E-state index contributed by atoms with van der Waals surface area (Å²) in [4.78, 5) is 0. The Hall–Kier alpha value is -0.660. The zero-order valence-electron chi connectivity index (χ0n) is 27.4. The van der Waals surface area contributed by atoms with E-state index >= 15 is 0 Å². The third-order valence-corrected chi connectivity index (χ3v) is 13.2. The van der Waals surface area contributed by atoms with Crippen molar-refractivity contribution in [1.82, 2.24) is 0 Å². The van der Waals surface area contributed by atoms with Crippen LogP contribution in [0.2, 0.25) is 0 Å². The molecular weight excluding hydrogens is 568 g/mol. The van der Waals surface area contributed by atoms with Crippen LogP contribution in [0.4, 0.5) is 0 Å². The summed E-state index contributed by atoms with van der Waals surface area (Å²) < 4.78 is 17.3. The second kappa shape index (κ2) is 12.7. The van der Waals surface area contributed by atoms with Gasteiger partial charge in [-0.25, -0.2) is 0 Å². The van der Waals surface area contributed by atoms with E-state index in [0.29, 0.717) is 18.8 Å². The number of rotatable bonds is 9. The zero-order valence-corrected chi connectivity index (χ0v) is 27.4. The lowest BCUT2D eigenvalue weighted by Crippen LogP contribution is -2.66. The number of hydrogen-bond acceptors (Lipinski definition) is 10. The van der Waals surface area contributed by atoms with Gasteiger partial charge in [-0.2, -0.15) is 0 Å². The minimum atomic E-state index is -1.35. The maximum absolute atomic E-state index is 12.7. The van der Waals surface area contributed by atoms with Crippen molar-refractivity contribution in [1.29, 1.82) is 0 Å². The lowest BCUT2D eigenvalue weighted by molar-refractivity contribution is -0.285. The van der Waals surface area contributed by atoms with E-state index in [0.717, 1.165) is 31.3 Å². The van der Waals surface area contributed by atoms with E-state index in [1.54, 1.807) is 0 Å². The first-order chi connectivity index (χ1) is 20.6. The second-order valence-electron chi connectivity index (χ2n) is 15.7. The van der Waals surface area contributed by atoms with Gasteiger partial charge in [-0.1, -0.05) is 53.5 Å². The Morgan fingerprint density at radius 1 is 0.955 bits per heavy atom. The number of aliphatic hydroxyl groups is 7. The zero-order chi connectivity index (χ0) is 32.4. The Morgan fingerprint density at radius 2 is 1.66 bits per heavy atom. The predicted octanol–water partition coefficient (Wildman–Crippen LogP) is 1.75. The monoisotopic (exact) mass is 626 g/mol. The Morgan fingerprint density at radius 3 is 2.32 bits per heavy atom. The van der Waals surface area contributed by atoms with Gasteiger partial charge in [0, 0.05) is 26.1 Å². The molecule has 0 bridgehead atoms. The first-order valence-corrected chi connectivity index (χ1v) is 16.9. The number of hydrogen-bond donors (Lipinski definition) is 7. The first kappa shape index (κ1) is 34.7. The number of ether oxygens (including phenoxy) is 3. The summed E-state index contributed by atoms with van der Waals surface area (Å²) in [6, 6.07) is 0. The minimum Gasteiger partial charge on any atom is -0.396 e. The van der Waals surface area contributed by atoms with Gasteiger partial charge in [0.2, 0.25) is 0 Å². The number of fused-ring (bicyclic) bond motifs is 5. The molecule has 0 spiro atoms. The molecule has 44 heavy (non-hydrogen) atoms. The highest BCUT2D eigenvalue weighted by Crippen LogP contribution is 2.69. The summed E-state index contributed by atoms with van der Waals surface area (Å²) in [5.74, 6) is -0.309. The van der Waals surface area contributed by atoms with Crippen molar-refractivity contribution < 1.29 is 50.0 Å². The van der Waals surface area contributed by atoms with E-state index < -0.39 is 71.4 Å². The highest BCUT2D eigenvalue weighted by Gasteiger charge is 2.72. The van der Waals surface area contributed by atoms with Crippen LogP contribution in [0, 0.1) is 46.3 Å². The summed E-state index contributed by atoms with van der Waals surface area (Å²) in [5.41, 5.74) is -1.55. The van der Waals surface area contributed by atoms with Gasteiger partial charge in [0.05, 0.1) is 36.6 Å². The van der Waals surface area contributed by atoms with Gasteiger partial charge in [-0.3, -0.25) is 0 Å². The SMILES string of the molecule is CO[C@H]1[C@H](O[C@@H]2C=C3[C@H](O)C[C@]4(O)C(CC[C@@]5(C)C4C(O)[C@H](O)[C@@H]5[C@H](C)CCC(C)C(C)CO)[C@@]3(C)CC2)OC[C@@H](O)[C@@H]1O. The van der Waals surface area contributed by atoms with Gasteiger partial charge in [0.15, 0.2) is 6.29 Å². The smallest absolute Gasteiger partial charge is 0.187 e. The van der Waals surface area contributed by atoms with E-state index in [9.17, 15) is 35.7 Å². The Balaban J connectivity index is 1.36. The summed E-state index contributed by atoms with van der Waals surface area (Å²) >= 11 is 0. The summed E-state index contributed by atoms with van der Waals surface area (Å²) in [7, 11) is 1.43. The molecule has 254 valence electrons. The standard InChI is InChI=1S/C34H58O10/c1-17(19(3)15-35)7-8-18(2)25-27(39)28(40)30-33(25,5)12-10-24-32(4)11-9-20(13-21(32)22(36)14-34(24,30)41)44-31-29(42-6)26(38)23(37)16-43-31/h13,17-20,22-31,35-41H,7-12,14-16H2,1-6H3/t17?,18-,19?,20+,22-,23-,24?,25+,26+,27-,28?,29-,30?,31+,32+,33-,34+/m1/s1. The fourth-order valence-corrected chi connectivity index (χ4v) is 10.6. The topological polar surface area (TPSA) is 169 Å². The predicted molar refractivity (Wildman–Crippen MR) is 162 cm³/mol. The van der Waals surface area contributed by atoms with E-state index in [4.69, 9.17) is 14.2 Å². The normalized spacial score (nSPS) is 51.0. The Kier molecular flexibility index (Phi) is 10.0. The third kappa shape index (κ3) is 5.53. The minimum absolute atomic E-state index is 0.0703. The highest BCUT2D eigenvalue weighted by molar-refractivity contribution is 5.33. The van der Waals surface area contributed by atoms with Crippen molar-refractivity contribution in [3.8, 4) is 0 Å². The van der Waals surface area contributed by atoms with E-state index in [1.165, 1.54) is 7.11 Å². The van der Waals surface area contributed by atoms with E-state index in [-0.39, 0.29) is 43.3 Å². The molecule has 1 heterocycles. The van der Waals surface area contributed by atoms with Crippen LogP contribution in [0.3, 0.4) is 0 Å². The summed E-state index contributed by atoms with van der Waals surface area (Å²) in [6.07, 6.45) is -0.804. The maximum atomic E-state index is 12.7. The average Bonchev–Trinajstić information content (AvgIpc) is 3.18. The van der Waals surface area contributed by atoms with Crippen molar-refractivity contribution in [2.45, 2.75) is 134 Å². The molecular formula is C34H58O10. The molecule has 5 rings (SSSR count). The summed E-state index contributed by atoms with van der Waals surface area (Å²) in [6.45, 7) is 10.6. The molecule has 17 atom stereocenters. The van der Waals surface area contributed by atoms with Crippen molar-refractivity contribution in [3.05, 3.63) is 11.6 Å². The average molecular weight is 627 g/mol.